The number of para-hydroxylation sites is 1. The summed E-state index contributed by atoms with van der Waals surface area (Å²) in [6.07, 6.45) is 3.07. The summed E-state index contributed by atoms with van der Waals surface area (Å²) in [6, 6.07) is 34.4. The van der Waals surface area contributed by atoms with Crippen molar-refractivity contribution in [3.05, 3.63) is 125 Å². The molecule has 0 bridgehead atoms. The van der Waals surface area contributed by atoms with Crippen molar-refractivity contribution in [1.82, 2.24) is 0 Å². The molecule has 1 atom stereocenters. The maximum absolute atomic E-state index is 5.53. The van der Waals surface area contributed by atoms with Crippen LogP contribution in [0.2, 0.25) is 0 Å². The first-order chi connectivity index (χ1) is 17.1. The molecule has 35 heavy (non-hydrogen) atoms. The fourth-order valence-corrected chi connectivity index (χ4v) is 5.91. The molecule has 0 amide bonds. The van der Waals surface area contributed by atoms with Crippen LogP contribution in [0.1, 0.15) is 41.2 Å². The van der Waals surface area contributed by atoms with Gasteiger partial charge in [0, 0.05) is 11.6 Å². The van der Waals surface area contributed by atoms with Gasteiger partial charge in [0.2, 0.25) is 0 Å². The SMILES string of the molecule is CCC1(c2ccccc2)C=Nc2c(C)cccc2C1(c1ccc(OC)cc1)c1ccc(OC)cc1. The Labute approximate surface area is 208 Å². The molecule has 0 N–H and O–H groups in total. The second kappa shape index (κ2) is 9.07. The number of benzene rings is 4. The molecule has 0 aromatic heterocycles. The van der Waals surface area contributed by atoms with E-state index >= 15 is 0 Å². The molecule has 0 radical (unpaired) electrons. The van der Waals surface area contributed by atoms with Crippen molar-refractivity contribution >= 4 is 11.9 Å². The molecule has 1 unspecified atom stereocenters. The number of fused-ring (bicyclic) bond motifs is 1. The van der Waals surface area contributed by atoms with Gasteiger partial charge in [0.1, 0.15) is 11.5 Å². The number of methoxy groups -OCH3 is 2. The number of aryl methyl sites for hydroxylation is 1. The van der Waals surface area contributed by atoms with E-state index in [1.165, 1.54) is 27.8 Å². The molecule has 0 aliphatic carbocycles. The lowest BCUT2D eigenvalue weighted by Crippen LogP contribution is -2.53. The van der Waals surface area contributed by atoms with Gasteiger partial charge in [-0.2, -0.15) is 0 Å². The molecule has 1 aliphatic heterocycles. The summed E-state index contributed by atoms with van der Waals surface area (Å²) in [6.45, 7) is 4.41. The second-order valence-corrected chi connectivity index (χ2v) is 9.13. The van der Waals surface area contributed by atoms with Crippen LogP contribution in [0.15, 0.2) is 102 Å². The number of hydrogen-bond acceptors (Lipinski definition) is 3. The van der Waals surface area contributed by atoms with Crippen molar-refractivity contribution in [2.45, 2.75) is 31.1 Å². The maximum Gasteiger partial charge on any atom is 0.118 e. The number of nitrogens with zero attached hydrogens (tertiary/aromatic N) is 1. The van der Waals surface area contributed by atoms with E-state index in [-0.39, 0.29) is 0 Å². The fraction of sp³-hybridized carbons (Fsp3) is 0.219. The first-order valence-electron chi connectivity index (χ1n) is 12.1. The van der Waals surface area contributed by atoms with Crippen LogP contribution in [0.25, 0.3) is 0 Å². The normalized spacial score (nSPS) is 18.1. The van der Waals surface area contributed by atoms with Gasteiger partial charge in [-0.1, -0.05) is 79.7 Å². The van der Waals surface area contributed by atoms with Crippen LogP contribution >= 0.6 is 0 Å². The van der Waals surface area contributed by atoms with Gasteiger partial charge in [-0.3, -0.25) is 4.99 Å². The zero-order valence-corrected chi connectivity index (χ0v) is 20.8. The molecule has 4 aromatic rings. The lowest BCUT2D eigenvalue weighted by atomic mass is 9.49. The van der Waals surface area contributed by atoms with E-state index in [1.807, 2.05) is 0 Å². The molecule has 176 valence electrons. The van der Waals surface area contributed by atoms with Gasteiger partial charge in [-0.25, -0.2) is 0 Å². The zero-order valence-electron chi connectivity index (χ0n) is 20.8. The molecular formula is C32H31NO2. The van der Waals surface area contributed by atoms with Gasteiger partial charge in [0.15, 0.2) is 0 Å². The summed E-state index contributed by atoms with van der Waals surface area (Å²) < 4.78 is 11.1. The highest BCUT2D eigenvalue weighted by Gasteiger charge is 2.56. The van der Waals surface area contributed by atoms with Crippen molar-refractivity contribution < 1.29 is 9.47 Å². The second-order valence-electron chi connectivity index (χ2n) is 9.13. The predicted octanol–water partition coefficient (Wildman–Crippen LogP) is 7.41. The summed E-state index contributed by atoms with van der Waals surface area (Å²) in [5.41, 5.74) is 6.12. The van der Waals surface area contributed by atoms with Crippen LogP contribution in [0, 0.1) is 6.92 Å². The summed E-state index contributed by atoms with van der Waals surface area (Å²) in [4.78, 5) is 5.13. The van der Waals surface area contributed by atoms with E-state index in [0.29, 0.717) is 0 Å². The zero-order chi connectivity index (χ0) is 24.5. The Kier molecular flexibility index (Phi) is 5.94. The molecule has 4 aromatic carbocycles. The first kappa shape index (κ1) is 22.9. The van der Waals surface area contributed by atoms with Gasteiger partial charge in [-0.15, -0.1) is 0 Å². The topological polar surface area (TPSA) is 30.8 Å². The third kappa shape index (κ3) is 3.37. The Morgan fingerprint density at radius 1 is 0.657 bits per heavy atom. The lowest BCUT2D eigenvalue weighted by molar-refractivity contribution is 0.384. The average Bonchev–Trinajstić information content (AvgIpc) is 2.93. The van der Waals surface area contributed by atoms with Gasteiger partial charge in [-0.05, 0) is 65.4 Å². The van der Waals surface area contributed by atoms with Gasteiger partial charge < -0.3 is 9.47 Å². The third-order valence-corrected chi connectivity index (χ3v) is 7.62. The van der Waals surface area contributed by atoms with Crippen LogP contribution < -0.4 is 9.47 Å². The van der Waals surface area contributed by atoms with Gasteiger partial charge in [0.25, 0.3) is 0 Å². The summed E-state index contributed by atoms with van der Waals surface area (Å²) >= 11 is 0. The van der Waals surface area contributed by atoms with Crippen molar-refractivity contribution in [2.24, 2.45) is 4.99 Å². The molecule has 3 nitrogen and oxygen atoms in total. The minimum Gasteiger partial charge on any atom is -0.497 e. The van der Waals surface area contributed by atoms with E-state index in [9.17, 15) is 0 Å². The molecule has 1 aliphatic rings. The number of rotatable bonds is 6. The van der Waals surface area contributed by atoms with Crippen LogP contribution in [0.4, 0.5) is 5.69 Å². The summed E-state index contributed by atoms with van der Waals surface area (Å²) in [5.74, 6) is 1.68. The standard InChI is InChI=1S/C32H31NO2/c1-5-31(24-11-7-6-8-12-24)22-33-30-23(2)10-9-13-29(30)32(31,25-14-18-27(34-3)19-15-25)26-16-20-28(35-4)21-17-26/h6-22H,5H2,1-4H3. The largest absolute Gasteiger partial charge is 0.497 e. The molecule has 5 rings (SSSR count). The summed E-state index contributed by atoms with van der Waals surface area (Å²) in [5, 5.41) is 0. The molecule has 0 saturated heterocycles. The Hall–Kier alpha value is -3.85. The first-order valence-corrected chi connectivity index (χ1v) is 12.1. The van der Waals surface area contributed by atoms with E-state index in [0.717, 1.165) is 23.6 Å². The Bertz CT molecular complexity index is 1290. The number of hydrogen-bond donors (Lipinski definition) is 0. The van der Waals surface area contributed by atoms with Crippen molar-refractivity contribution in [2.75, 3.05) is 14.2 Å². The smallest absolute Gasteiger partial charge is 0.118 e. The highest BCUT2D eigenvalue weighted by molar-refractivity contribution is 5.89. The Morgan fingerprint density at radius 2 is 1.23 bits per heavy atom. The third-order valence-electron chi connectivity index (χ3n) is 7.62. The Balaban J connectivity index is 1.97. The maximum atomic E-state index is 5.53. The van der Waals surface area contributed by atoms with E-state index in [4.69, 9.17) is 14.5 Å². The molecule has 3 heteroatoms. The Morgan fingerprint density at radius 3 is 1.74 bits per heavy atom. The lowest BCUT2D eigenvalue weighted by Gasteiger charge is -2.52. The summed E-state index contributed by atoms with van der Waals surface area (Å²) in [7, 11) is 3.42. The highest BCUT2D eigenvalue weighted by atomic mass is 16.5. The molecule has 0 spiro atoms. The quantitative estimate of drug-likeness (QED) is 0.299. The fourth-order valence-electron chi connectivity index (χ4n) is 5.91. The van der Waals surface area contributed by atoms with E-state index < -0.39 is 10.8 Å². The van der Waals surface area contributed by atoms with Crippen LogP contribution in [-0.2, 0) is 10.8 Å². The van der Waals surface area contributed by atoms with Crippen molar-refractivity contribution in [3.8, 4) is 11.5 Å². The molecule has 1 heterocycles. The minimum atomic E-state index is -0.523. The van der Waals surface area contributed by atoms with Gasteiger partial charge in [0.05, 0.1) is 25.3 Å². The van der Waals surface area contributed by atoms with Crippen LogP contribution in [0.3, 0.4) is 0 Å². The van der Waals surface area contributed by atoms with E-state index in [2.05, 4.69) is 117 Å². The molecular weight excluding hydrogens is 430 g/mol. The monoisotopic (exact) mass is 461 g/mol. The van der Waals surface area contributed by atoms with Crippen LogP contribution in [-0.4, -0.2) is 20.4 Å². The number of aliphatic imine (C=N–C) groups is 1. The van der Waals surface area contributed by atoms with E-state index in [1.54, 1.807) is 14.2 Å². The molecule has 0 fully saturated rings. The van der Waals surface area contributed by atoms with Crippen LogP contribution in [0.5, 0.6) is 11.5 Å². The molecule has 0 saturated carbocycles. The number of ether oxygens (including phenoxy) is 2. The predicted molar refractivity (Wildman–Crippen MR) is 144 cm³/mol. The average molecular weight is 462 g/mol. The van der Waals surface area contributed by atoms with Crippen molar-refractivity contribution in [3.63, 3.8) is 0 Å². The highest BCUT2D eigenvalue weighted by Crippen LogP contribution is 2.59. The minimum absolute atomic E-state index is 0.418. The van der Waals surface area contributed by atoms with Crippen molar-refractivity contribution in [1.29, 1.82) is 0 Å². The van der Waals surface area contributed by atoms with Gasteiger partial charge >= 0.3 is 0 Å².